The Morgan fingerprint density at radius 1 is 1.31 bits per heavy atom. The first kappa shape index (κ1) is 15.7. The Morgan fingerprint density at radius 2 is 2.00 bits per heavy atom. The minimum absolute atomic E-state index is 0.0645. The van der Waals surface area contributed by atoms with Gasteiger partial charge in [0.15, 0.2) is 0 Å². The monoisotopic (exact) mass is 243 g/mol. The highest BCUT2D eigenvalue weighted by Crippen LogP contribution is 2.13. The second kappa shape index (κ2) is 8.78. The van der Waals surface area contributed by atoms with Gasteiger partial charge in [-0.05, 0) is 25.3 Å². The van der Waals surface area contributed by atoms with Crippen molar-refractivity contribution in [3.8, 4) is 0 Å². The van der Waals surface area contributed by atoms with Gasteiger partial charge in [-0.25, -0.2) is 0 Å². The first-order valence-electron chi connectivity index (χ1n) is 5.42. The second-order valence-electron chi connectivity index (χ2n) is 3.85. The van der Waals surface area contributed by atoms with Crippen LogP contribution in [0.1, 0.15) is 19.8 Å². The third kappa shape index (κ3) is 11.7. The summed E-state index contributed by atoms with van der Waals surface area (Å²) in [4.78, 5) is 0. The summed E-state index contributed by atoms with van der Waals surface area (Å²) in [5.74, 6) is 0.281. The Balaban J connectivity index is 3.10. The van der Waals surface area contributed by atoms with Crippen molar-refractivity contribution in [2.75, 3.05) is 32.9 Å². The van der Waals surface area contributed by atoms with Crippen LogP contribution in [0.2, 0.25) is 0 Å². The molecule has 1 atom stereocenters. The van der Waals surface area contributed by atoms with Gasteiger partial charge in [0.05, 0.1) is 6.61 Å². The summed E-state index contributed by atoms with van der Waals surface area (Å²) in [6.45, 7) is 2.16. The van der Waals surface area contributed by atoms with Gasteiger partial charge >= 0.3 is 6.18 Å². The number of hydrogen-bond donors (Lipinski definition) is 2. The summed E-state index contributed by atoms with van der Waals surface area (Å²) in [6.07, 6.45) is -2.43. The molecule has 0 aromatic rings. The highest BCUT2D eigenvalue weighted by atomic mass is 19.4. The van der Waals surface area contributed by atoms with Crippen molar-refractivity contribution in [1.82, 2.24) is 5.32 Å². The number of aliphatic hydroxyl groups is 1. The van der Waals surface area contributed by atoms with Crippen LogP contribution in [0, 0.1) is 5.92 Å². The van der Waals surface area contributed by atoms with Crippen molar-refractivity contribution in [3.05, 3.63) is 0 Å². The van der Waals surface area contributed by atoms with E-state index in [1.807, 2.05) is 6.92 Å². The van der Waals surface area contributed by atoms with Gasteiger partial charge < -0.3 is 15.2 Å². The van der Waals surface area contributed by atoms with E-state index in [-0.39, 0.29) is 19.1 Å². The Hall–Kier alpha value is -0.330. The van der Waals surface area contributed by atoms with Gasteiger partial charge in [-0.15, -0.1) is 0 Å². The number of rotatable bonds is 9. The molecule has 0 radical (unpaired) electrons. The summed E-state index contributed by atoms with van der Waals surface area (Å²) in [7, 11) is 0. The van der Waals surface area contributed by atoms with Crippen LogP contribution in [0.4, 0.5) is 13.2 Å². The molecule has 98 valence electrons. The zero-order valence-corrected chi connectivity index (χ0v) is 9.52. The van der Waals surface area contributed by atoms with E-state index < -0.39 is 12.8 Å². The van der Waals surface area contributed by atoms with Crippen LogP contribution in [0.15, 0.2) is 0 Å². The zero-order chi connectivity index (χ0) is 12.4. The number of halogens is 3. The molecule has 3 nitrogen and oxygen atoms in total. The predicted molar refractivity (Wildman–Crippen MR) is 55.2 cm³/mol. The largest absolute Gasteiger partial charge is 0.411 e. The lowest BCUT2D eigenvalue weighted by atomic mass is 10.1. The minimum atomic E-state index is -4.24. The van der Waals surface area contributed by atoms with Crippen LogP contribution in [-0.2, 0) is 4.74 Å². The van der Waals surface area contributed by atoms with Crippen molar-refractivity contribution in [2.45, 2.75) is 25.9 Å². The molecular weight excluding hydrogens is 223 g/mol. The maximum absolute atomic E-state index is 11.6. The average Bonchev–Trinajstić information content (AvgIpc) is 2.20. The number of nitrogens with one attached hydrogen (secondary N) is 1. The smallest absolute Gasteiger partial charge is 0.396 e. The molecule has 6 heteroatoms. The maximum atomic E-state index is 11.6. The lowest BCUT2D eigenvalue weighted by molar-refractivity contribution is -0.173. The predicted octanol–water partition coefficient (Wildman–Crippen LogP) is 1.56. The number of ether oxygens (including phenoxy) is 1. The fraction of sp³-hybridized carbons (Fsp3) is 1.00. The SMILES string of the molecule is CC(CO)CCCNCCOCC(F)(F)F. The number of hydrogen-bond acceptors (Lipinski definition) is 3. The van der Waals surface area contributed by atoms with E-state index in [4.69, 9.17) is 5.11 Å². The number of alkyl halides is 3. The molecule has 0 aliphatic rings. The van der Waals surface area contributed by atoms with E-state index in [9.17, 15) is 13.2 Å². The fourth-order valence-corrected chi connectivity index (χ4v) is 1.12. The highest BCUT2D eigenvalue weighted by molar-refractivity contribution is 4.54. The van der Waals surface area contributed by atoms with E-state index in [0.717, 1.165) is 19.4 Å². The Kier molecular flexibility index (Phi) is 8.60. The molecule has 16 heavy (non-hydrogen) atoms. The molecule has 0 rings (SSSR count). The van der Waals surface area contributed by atoms with E-state index in [2.05, 4.69) is 10.1 Å². The number of aliphatic hydroxyl groups excluding tert-OH is 1. The van der Waals surface area contributed by atoms with Crippen molar-refractivity contribution in [2.24, 2.45) is 5.92 Å². The second-order valence-corrected chi connectivity index (χ2v) is 3.85. The van der Waals surface area contributed by atoms with Crippen LogP contribution in [0.3, 0.4) is 0 Å². The lowest BCUT2D eigenvalue weighted by Gasteiger charge is -2.09. The van der Waals surface area contributed by atoms with Crippen molar-refractivity contribution in [3.63, 3.8) is 0 Å². The highest BCUT2D eigenvalue weighted by Gasteiger charge is 2.27. The molecular formula is C10H20F3NO2. The van der Waals surface area contributed by atoms with E-state index in [1.54, 1.807) is 0 Å². The third-order valence-corrected chi connectivity index (χ3v) is 2.05. The molecule has 0 aliphatic carbocycles. The first-order chi connectivity index (χ1) is 7.45. The standard InChI is InChI=1S/C10H20F3NO2/c1-9(7-15)3-2-4-14-5-6-16-8-10(11,12)13/h9,14-15H,2-8H2,1H3. The quantitative estimate of drug-likeness (QED) is 0.604. The summed E-state index contributed by atoms with van der Waals surface area (Å²) >= 11 is 0. The molecule has 0 amide bonds. The molecule has 0 bridgehead atoms. The Morgan fingerprint density at radius 3 is 2.56 bits per heavy atom. The van der Waals surface area contributed by atoms with Crippen LogP contribution in [-0.4, -0.2) is 44.2 Å². The normalized spacial score (nSPS) is 14.1. The Bertz CT molecular complexity index is 165. The van der Waals surface area contributed by atoms with Crippen LogP contribution in [0.5, 0.6) is 0 Å². The summed E-state index contributed by atoms with van der Waals surface area (Å²) < 4.78 is 39.4. The van der Waals surface area contributed by atoms with Crippen molar-refractivity contribution >= 4 is 0 Å². The van der Waals surface area contributed by atoms with E-state index >= 15 is 0 Å². The van der Waals surface area contributed by atoms with Gasteiger partial charge in [-0.2, -0.15) is 13.2 Å². The van der Waals surface area contributed by atoms with Gasteiger partial charge in [-0.1, -0.05) is 6.92 Å². The van der Waals surface area contributed by atoms with Crippen molar-refractivity contribution in [1.29, 1.82) is 0 Å². The lowest BCUT2D eigenvalue weighted by Crippen LogP contribution is -2.24. The molecule has 0 spiro atoms. The van der Waals surface area contributed by atoms with Gasteiger partial charge in [0.1, 0.15) is 6.61 Å². The van der Waals surface area contributed by atoms with Crippen LogP contribution >= 0.6 is 0 Å². The molecule has 0 saturated heterocycles. The fourth-order valence-electron chi connectivity index (χ4n) is 1.12. The molecule has 0 fully saturated rings. The first-order valence-corrected chi connectivity index (χ1v) is 5.42. The molecule has 2 N–H and O–H groups in total. The molecule has 1 unspecified atom stereocenters. The maximum Gasteiger partial charge on any atom is 0.411 e. The van der Waals surface area contributed by atoms with Crippen molar-refractivity contribution < 1.29 is 23.0 Å². The zero-order valence-electron chi connectivity index (χ0n) is 9.52. The molecule has 0 aliphatic heterocycles. The Labute approximate surface area is 94.0 Å². The van der Waals surface area contributed by atoms with E-state index in [0.29, 0.717) is 6.54 Å². The van der Waals surface area contributed by atoms with Gasteiger partial charge in [-0.3, -0.25) is 0 Å². The molecule has 0 heterocycles. The molecule has 0 saturated carbocycles. The third-order valence-electron chi connectivity index (χ3n) is 2.05. The summed E-state index contributed by atoms with van der Waals surface area (Å²) in [6, 6.07) is 0. The van der Waals surface area contributed by atoms with E-state index in [1.165, 1.54) is 0 Å². The van der Waals surface area contributed by atoms with Crippen LogP contribution < -0.4 is 5.32 Å². The average molecular weight is 243 g/mol. The summed E-state index contributed by atoms with van der Waals surface area (Å²) in [5.41, 5.74) is 0. The minimum Gasteiger partial charge on any atom is -0.396 e. The molecule has 0 aromatic carbocycles. The molecule has 0 aromatic heterocycles. The van der Waals surface area contributed by atoms with Gasteiger partial charge in [0.2, 0.25) is 0 Å². The van der Waals surface area contributed by atoms with Crippen LogP contribution in [0.25, 0.3) is 0 Å². The topological polar surface area (TPSA) is 41.5 Å². The van der Waals surface area contributed by atoms with Gasteiger partial charge in [0.25, 0.3) is 0 Å². The summed E-state index contributed by atoms with van der Waals surface area (Å²) in [5, 5.41) is 11.7. The van der Waals surface area contributed by atoms with Gasteiger partial charge in [0, 0.05) is 13.2 Å².